The highest BCUT2D eigenvalue weighted by Crippen LogP contribution is 2.30. The van der Waals surface area contributed by atoms with Gasteiger partial charge in [-0.1, -0.05) is 78.9 Å². The van der Waals surface area contributed by atoms with Gasteiger partial charge in [0.25, 0.3) is 0 Å². The van der Waals surface area contributed by atoms with Gasteiger partial charge in [0.05, 0.1) is 0 Å². The quantitative estimate of drug-likeness (QED) is 0.471. The second-order valence-electron chi connectivity index (χ2n) is 5.45. The zero-order chi connectivity index (χ0) is 16.8. The molecule has 0 unspecified atom stereocenters. The predicted molar refractivity (Wildman–Crippen MR) is 102 cm³/mol. The smallest absolute Gasteiger partial charge is 0.226 e. The molecule has 1 N–H and O–H groups in total. The number of amides is 1. The SMILES string of the molecule is CCCCC(=O)Nc1nnc(SCc2cccc3ccccc23)s1. The van der Waals surface area contributed by atoms with Crippen LogP contribution in [0.4, 0.5) is 5.13 Å². The van der Waals surface area contributed by atoms with Crippen molar-refractivity contribution in [3.8, 4) is 0 Å². The molecule has 0 spiro atoms. The van der Waals surface area contributed by atoms with E-state index in [9.17, 15) is 4.79 Å². The molecule has 3 aromatic rings. The van der Waals surface area contributed by atoms with Crippen molar-refractivity contribution in [2.45, 2.75) is 36.3 Å². The minimum Gasteiger partial charge on any atom is -0.301 e. The van der Waals surface area contributed by atoms with Gasteiger partial charge in [0, 0.05) is 12.2 Å². The fraction of sp³-hybridized carbons (Fsp3) is 0.278. The Balaban J connectivity index is 1.62. The van der Waals surface area contributed by atoms with Crippen LogP contribution in [0, 0.1) is 0 Å². The molecule has 3 rings (SSSR count). The molecular weight excluding hydrogens is 338 g/mol. The van der Waals surface area contributed by atoms with Crippen molar-refractivity contribution in [3.63, 3.8) is 0 Å². The molecule has 6 heteroatoms. The van der Waals surface area contributed by atoms with E-state index >= 15 is 0 Å². The van der Waals surface area contributed by atoms with Crippen LogP contribution < -0.4 is 5.32 Å². The Kier molecular flexibility index (Phi) is 5.82. The van der Waals surface area contributed by atoms with Crippen LogP contribution in [0.15, 0.2) is 46.8 Å². The van der Waals surface area contributed by atoms with Gasteiger partial charge in [0.1, 0.15) is 0 Å². The molecule has 1 amide bonds. The average Bonchev–Trinajstić information content (AvgIpc) is 3.05. The Morgan fingerprint density at radius 1 is 1.17 bits per heavy atom. The molecule has 1 aromatic heterocycles. The van der Waals surface area contributed by atoms with Gasteiger partial charge < -0.3 is 5.32 Å². The van der Waals surface area contributed by atoms with Crippen LogP contribution >= 0.6 is 23.1 Å². The lowest BCUT2D eigenvalue weighted by atomic mass is 10.1. The molecule has 0 saturated heterocycles. The number of anilines is 1. The normalized spacial score (nSPS) is 10.9. The molecule has 1 heterocycles. The Hall–Kier alpha value is -1.92. The van der Waals surface area contributed by atoms with Gasteiger partial charge in [-0.15, -0.1) is 10.2 Å². The molecule has 24 heavy (non-hydrogen) atoms. The summed E-state index contributed by atoms with van der Waals surface area (Å²) in [6, 6.07) is 14.7. The Labute approximate surface area is 149 Å². The third-order valence-electron chi connectivity index (χ3n) is 3.64. The lowest BCUT2D eigenvalue weighted by molar-refractivity contribution is -0.116. The summed E-state index contributed by atoms with van der Waals surface area (Å²) in [6.07, 6.45) is 2.44. The van der Waals surface area contributed by atoms with Crippen molar-refractivity contribution in [2.24, 2.45) is 0 Å². The van der Waals surface area contributed by atoms with E-state index in [0.717, 1.165) is 22.9 Å². The molecule has 0 aliphatic carbocycles. The molecule has 0 atom stereocenters. The second kappa shape index (κ2) is 8.26. The van der Waals surface area contributed by atoms with Crippen molar-refractivity contribution in [1.29, 1.82) is 0 Å². The van der Waals surface area contributed by atoms with E-state index in [2.05, 4.69) is 64.9 Å². The summed E-state index contributed by atoms with van der Waals surface area (Å²) in [5.41, 5.74) is 1.28. The van der Waals surface area contributed by atoms with Gasteiger partial charge >= 0.3 is 0 Å². The van der Waals surface area contributed by atoms with E-state index < -0.39 is 0 Å². The number of fused-ring (bicyclic) bond motifs is 1. The van der Waals surface area contributed by atoms with E-state index in [0.29, 0.717) is 11.6 Å². The van der Waals surface area contributed by atoms with Gasteiger partial charge in [-0.2, -0.15) is 0 Å². The predicted octanol–water partition coefficient (Wildman–Crippen LogP) is 5.11. The van der Waals surface area contributed by atoms with Crippen molar-refractivity contribution >= 4 is 44.9 Å². The number of rotatable bonds is 7. The first kappa shape index (κ1) is 16.9. The number of thioether (sulfide) groups is 1. The lowest BCUT2D eigenvalue weighted by Crippen LogP contribution is -2.10. The number of hydrogen-bond acceptors (Lipinski definition) is 5. The maximum atomic E-state index is 11.7. The largest absolute Gasteiger partial charge is 0.301 e. The number of hydrogen-bond donors (Lipinski definition) is 1. The minimum atomic E-state index is 0.0126. The summed E-state index contributed by atoms with van der Waals surface area (Å²) in [6.45, 7) is 2.07. The zero-order valence-electron chi connectivity index (χ0n) is 13.5. The first-order valence-corrected chi connectivity index (χ1v) is 9.79. The van der Waals surface area contributed by atoms with Crippen LogP contribution in [-0.2, 0) is 10.5 Å². The summed E-state index contributed by atoms with van der Waals surface area (Å²) < 4.78 is 0.869. The standard InChI is InChI=1S/C18H19N3OS2/c1-2-3-11-16(22)19-17-20-21-18(24-17)23-12-14-9-6-8-13-7-4-5-10-15(13)14/h4-10H,2-3,11-12H2,1H3,(H,19,20,22). The number of benzene rings is 2. The third kappa shape index (κ3) is 4.33. The van der Waals surface area contributed by atoms with Crippen LogP contribution in [0.1, 0.15) is 31.7 Å². The first-order valence-electron chi connectivity index (χ1n) is 7.99. The van der Waals surface area contributed by atoms with E-state index in [1.54, 1.807) is 11.8 Å². The zero-order valence-corrected chi connectivity index (χ0v) is 15.1. The van der Waals surface area contributed by atoms with Crippen molar-refractivity contribution < 1.29 is 4.79 Å². The Morgan fingerprint density at radius 3 is 2.88 bits per heavy atom. The number of nitrogens with one attached hydrogen (secondary N) is 1. The third-order valence-corrected chi connectivity index (χ3v) is 5.66. The number of carbonyl (C=O) groups is 1. The Bertz CT molecular complexity index is 827. The minimum absolute atomic E-state index is 0.0126. The van der Waals surface area contributed by atoms with Gasteiger partial charge in [-0.25, -0.2) is 0 Å². The van der Waals surface area contributed by atoms with Gasteiger partial charge in [0.2, 0.25) is 11.0 Å². The molecular formula is C18H19N3OS2. The van der Waals surface area contributed by atoms with Crippen LogP contribution in [0.25, 0.3) is 10.8 Å². The molecule has 4 nitrogen and oxygen atoms in total. The van der Waals surface area contributed by atoms with Gasteiger partial charge in [0.15, 0.2) is 4.34 Å². The van der Waals surface area contributed by atoms with Gasteiger partial charge in [-0.3, -0.25) is 4.79 Å². The highest BCUT2D eigenvalue weighted by atomic mass is 32.2. The highest BCUT2D eigenvalue weighted by molar-refractivity contribution is 8.00. The lowest BCUT2D eigenvalue weighted by Gasteiger charge is -2.04. The van der Waals surface area contributed by atoms with E-state index in [4.69, 9.17) is 0 Å². The van der Waals surface area contributed by atoms with E-state index in [1.165, 1.54) is 27.7 Å². The summed E-state index contributed by atoms with van der Waals surface area (Å²) >= 11 is 3.08. The molecule has 124 valence electrons. The summed E-state index contributed by atoms with van der Waals surface area (Å²) in [5, 5.41) is 14.1. The highest BCUT2D eigenvalue weighted by Gasteiger charge is 2.09. The van der Waals surface area contributed by atoms with Crippen LogP contribution in [0.3, 0.4) is 0 Å². The maximum Gasteiger partial charge on any atom is 0.226 e. The summed E-state index contributed by atoms with van der Waals surface area (Å²) in [5.74, 6) is 0.846. The average molecular weight is 358 g/mol. The maximum absolute atomic E-state index is 11.7. The van der Waals surface area contributed by atoms with Crippen LogP contribution in [-0.4, -0.2) is 16.1 Å². The van der Waals surface area contributed by atoms with Gasteiger partial charge in [-0.05, 0) is 22.8 Å². The first-order chi connectivity index (χ1) is 11.8. The second-order valence-corrected chi connectivity index (χ2v) is 7.65. The molecule has 0 fully saturated rings. The van der Waals surface area contributed by atoms with Crippen LogP contribution in [0.5, 0.6) is 0 Å². The molecule has 0 radical (unpaired) electrons. The molecule has 0 aliphatic rings. The van der Waals surface area contributed by atoms with Crippen LogP contribution in [0.2, 0.25) is 0 Å². The summed E-state index contributed by atoms with van der Waals surface area (Å²) in [4.78, 5) is 11.7. The number of aromatic nitrogens is 2. The summed E-state index contributed by atoms with van der Waals surface area (Å²) in [7, 11) is 0. The monoisotopic (exact) mass is 357 g/mol. The molecule has 0 saturated carbocycles. The number of carbonyl (C=O) groups excluding carboxylic acids is 1. The fourth-order valence-electron chi connectivity index (χ4n) is 2.40. The fourth-order valence-corrected chi connectivity index (χ4v) is 4.17. The van der Waals surface area contributed by atoms with E-state index in [1.807, 2.05) is 0 Å². The Morgan fingerprint density at radius 2 is 2.00 bits per heavy atom. The van der Waals surface area contributed by atoms with Crippen molar-refractivity contribution in [2.75, 3.05) is 5.32 Å². The number of nitrogens with zero attached hydrogens (tertiary/aromatic N) is 2. The molecule has 2 aromatic carbocycles. The van der Waals surface area contributed by atoms with Crippen molar-refractivity contribution in [1.82, 2.24) is 10.2 Å². The number of unbranched alkanes of at least 4 members (excludes halogenated alkanes) is 1. The van der Waals surface area contributed by atoms with E-state index in [-0.39, 0.29) is 5.91 Å². The molecule has 0 bridgehead atoms. The molecule has 0 aliphatic heterocycles. The topological polar surface area (TPSA) is 54.9 Å². The van der Waals surface area contributed by atoms with Crippen molar-refractivity contribution in [3.05, 3.63) is 48.0 Å².